The van der Waals surface area contributed by atoms with Crippen LogP contribution in [-0.4, -0.2) is 6.04 Å². The van der Waals surface area contributed by atoms with Crippen molar-refractivity contribution in [3.63, 3.8) is 0 Å². The highest BCUT2D eigenvalue weighted by molar-refractivity contribution is 9.10. The van der Waals surface area contributed by atoms with Crippen LogP contribution in [0.3, 0.4) is 0 Å². The second-order valence-electron chi connectivity index (χ2n) is 3.84. The van der Waals surface area contributed by atoms with Gasteiger partial charge < -0.3 is 5.73 Å². The predicted molar refractivity (Wildman–Crippen MR) is 63.7 cm³/mol. The Labute approximate surface area is 97.8 Å². The van der Waals surface area contributed by atoms with Gasteiger partial charge >= 0.3 is 0 Å². The van der Waals surface area contributed by atoms with Crippen LogP contribution in [0.25, 0.3) is 0 Å². The van der Waals surface area contributed by atoms with Crippen LogP contribution >= 0.6 is 27.5 Å². The molecule has 1 aliphatic rings. The molecule has 1 aromatic carbocycles. The maximum absolute atomic E-state index is 6.19. The first-order chi connectivity index (χ1) is 6.70. The maximum Gasteiger partial charge on any atom is 0.0452 e. The van der Waals surface area contributed by atoms with E-state index in [2.05, 4.69) is 15.9 Å². The second kappa shape index (κ2) is 4.21. The molecule has 0 heterocycles. The average Bonchev–Trinajstić information content (AvgIpc) is 2.52. The van der Waals surface area contributed by atoms with Gasteiger partial charge in [-0.3, -0.25) is 0 Å². The van der Waals surface area contributed by atoms with Crippen LogP contribution in [0.5, 0.6) is 0 Å². The predicted octanol–water partition coefficient (Wildman–Crippen LogP) is 3.70. The summed E-state index contributed by atoms with van der Waals surface area (Å²) in [7, 11) is 0. The van der Waals surface area contributed by atoms with Gasteiger partial charge in [0.15, 0.2) is 0 Å². The summed E-state index contributed by atoms with van der Waals surface area (Å²) in [5.74, 6) is 0.429. The van der Waals surface area contributed by atoms with E-state index in [9.17, 15) is 0 Å². The first kappa shape index (κ1) is 10.5. The van der Waals surface area contributed by atoms with Crippen molar-refractivity contribution in [3.8, 4) is 0 Å². The Morgan fingerprint density at radius 3 is 2.71 bits per heavy atom. The normalized spacial score (nSPS) is 26.8. The molecule has 1 saturated carbocycles. The number of rotatable bonds is 1. The zero-order chi connectivity index (χ0) is 10.1. The lowest BCUT2D eigenvalue weighted by Gasteiger charge is -2.18. The van der Waals surface area contributed by atoms with E-state index in [0.29, 0.717) is 5.92 Å². The van der Waals surface area contributed by atoms with Crippen LogP contribution in [0, 0.1) is 0 Å². The Kier molecular flexibility index (Phi) is 3.15. The number of benzene rings is 1. The molecule has 0 amide bonds. The third kappa shape index (κ3) is 1.83. The molecule has 14 heavy (non-hydrogen) atoms. The largest absolute Gasteiger partial charge is 0.327 e. The third-order valence-electron chi connectivity index (χ3n) is 2.94. The van der Waals surface area contributed by atoms with Gasteiger partial charge in [0, 0.05) is 21.5 Å². The molecular weight excluding hydrogens is 261 g/mol. The molecule has 1 aromatic rings. The van der Waals surface area contributed by atoms with E-state index in [1.807, 2.05) is 18.2 Å². The summed E-state index contributed by atoms with van der Waals surface area (Å²) in [6.45, 7) is 0. The fraction of sp³-hybridized carbons (Fsp3) is 0.455. The van der Waals surface area contributed by atoms with Gasteiger partial charge in [0.2, 0.25) is 0 Å². The smallest absolute Gasteiger partial charge is 0.0452 e. The Balaban J connectivity index is 2.39. The summed E-state index contributed by atoms with van der Waals surface area (Å²) >= 11 is 9.73. The number of nitrogens with two attached hydrogens (primary N) is 1. The highest BCUT2D eigenvalue weighted by atomic mass is 79.9. The summed E-state index contributed by atoms with van der Waals surface area (Å²) in [6.07, 6.45) is 3.48. The minimum absolute atomic E-state index is 0.270. The van der Waals surface area contributed by atoms with Gasteiger partial charge in [-0.2, -0.15) is 0 Å². The average molecular weight is 275 g/mol. The zero-order valence-corrected chi connectivity index (χ0v) is 10.2. The van der Waals surface area contributed by atoms with Gasteiger partial charge in [-0.1, -0.05) is 40.0 Å². The standard InChI is InChI=1S/C11H13BrClN/c12-8-4-2-5-9(13)11(8)7-3-1-6-10(7)14/h2,4-5,7,10H,1,3,6,14H2. The molecule has 2 rings (SSSR count). The van der Waals surface area contributed by atoms with Gasteiger partial charge in [0.25, 0.3) is 0 Å². The summed E-state index contributed by atoms with van der Waals surface area (Å²) in [5, 5.41) is 0.835. The molecule has 0 aliphatic heterocycles. The molecule has 0 saturated heterocycles. The third-order valence-corrected chi connectivity index (χ3v) is 3.96. The minimum Gasteiger partial charge on any atom is -0.327 e. The first-order valence-corrected chi connectivity index (χ1v) is 6.06. The van der Waals surface area contributed by atoms with E-state index in [1.54, 1.807) is 0 Å². The molecule has 0 aromatic heterocycles. The summed E-state index contributed by atoms with van der Waals surface area (Å²) < 4.78 is 1.09. The van der Waals surface area contributed by atoms with E-state index in [0.717, 1.165) is 22.3 Å². The van der Waals surface area contributed by atoms with Crippen molar-refractivity contribution < 1.29 is 0 Å². The van der Waals surface area contributed by atoms with Gasteiger partial charge in [0.05, 0.1) is 0 Å². The van der Waals surface area contributed by atoms with Gasteiger partial charge in [-0.15, -0.1) is 0 Å². The van der Waals surface area contributed by atoms with Crippen molar-refractivity contribution in [2.24, 2.45) is 5.73 Å². The lowest BCUT2D eigenvalue weighted by Crippen LogP contribution is -2.23. The summed E-state index contributed by atoms with van der Waals surface area (Å²) in [5.41, 5.74) is 7.26. The lowest BCUT2D eigenvalue weighted by molar-refractivity contribution is 0.611. The SMILES string of the molecule is NC1CCCC1c1c(Cl)cccc1Br. The summed E-state index contributed by atoms with van der Waals surface area (Å²) in [6, 6.07) is 6.20. The van der Waals surface area contributed by atoms with E-state index < -0.39 is 0 Å². The molecule has 2 atom stereocenters. The lowest BCUT2D eigenvalue weighted by atomic mass is 9.94. The molecule has 0 bridgehead atoms. The fourth-order valence-corrected chi connectivity index (χ4v) is 3.30. The van der Waals surface area contributed by atoms with Gasteiger partial charge in [-0.25, -0.2) is 0 Å². The molecule has 2 N–H and O–H groups in total. The number of hydrogen-bond acceptors (Lipinski definition) is 1. The Bertz CT molecular complexity index is 320. The monoisotopic (exact) mass is 273 g/mol. The van der Waals surface area contributed by atoms with Crippen molar-refractivity contribution in [1.82, 2.24) is 0 Å². The van der Waals surface area contributed by atoms with Crippen molar-refractivity contribution in [2.75, 3.05) is 0 Å². The van der Waals surface area contributed by atoms with E-state index >= 15 is 0 Å². The summed E-state index contributed by atoms with van der Waals surface area (Å²) in [4.78, 5) is 0. The highest BCUT2D eigenvalue weighted by Crippen LogP contribution is 2.40. The van der Waals surface area contributed by atoms with Crippen LogP contribution < -0.4 is 5.73 Å². The van der Waals surface area contributed by atoms with Crippen LogP contribution in [0.1, 0.15) is 30.7 Å². The second-order valence-corrected chi connectivity index (χ2v) is 5.10. The molecule has 3 heteroatoms. The Morgan fingerprint density at radius 1 is 1.36 bits per heavy atom. The molecule has 0 spiro atoms. The number of halogens is 2. The van der Waals surface area contributed by atoms with Crippen molar-refractivity contribution in [2.45, 2.75) is 31.2 Å². The zero-order valence-electron chi connectivity index (χ0n) is 7.84. The van der Waals surface area contributed by atoms with E-state index in [1.165, 1.54) is 12.0 Å². The molecule has 2 unspecified atom stereocenters. The molecule has 1 nitrogen and oxygen atoms in total. The Morgan fingerprint density at radius 2 is 2.14 bits per heavy atom. The number of hydrogen-bond donors (Lipinski definition) is 1. The molecule has 76 valence electrons. The van der Waals surface area contributed by atoms with Gasteiger partial charge in [0.1, 0.15) is 0 Å². The fourth-order valence-electron chi connectivity index (χ4n) is 2.21. The molecule has 1 aliphatic carbocycles. The molecule has 0 radical (unpaired) electrons. The van der Waals surface area contributed by atoms with Crippen LogP contribution in [0.2, 0.25) is 5.02 Å². The quantitative estimate of drug-likeness (QED) is 0.830. The first-order valence-electron chi connectivity index (χ1n) is 4.89. The van der Waals surface area contributed by atoms with Crippen molar-refractivity contribution in [3.05, 3.63) is 33.3 Å². The topological polar surface area (TPSA) is 26.0 Å². The Hall–Kier alpha value is -0.0500. The van der Waals surface area contributed by atoms with Crippen LogP contribution in [0.4, 0.5) is 0 Å². The maximum atomic E-state index is 6.19. The van der Waals surface area contributed by atoms with Crippen LogP contribution in [0.15, 0.2) is 22.7 Å². The molecular formula is C11H13BrClN. The molecule has 1 fully saturated rings. The van der Waals surface area contributed by atoms with Crippen molar-refractivity contribution in [1.29, 1.82) is 0 Å². The highest BCUT2D eigenvalue weighted by Gasteiger charge is 2.28. The van der Waals surface area contributed by atoms with Crippen LogP contribution in [-0.2, 0) is 0 Å². The van der Waals surface area contributed by atoms with Crippen molar-refractivity contribution >= 4 is 27.5 Å². The van der Waals surface area contributed by atoms with Gasteiger partial charge in [-0.05, 0) is 30.5 Å². The van der Waals surface area contributed by atoms with E-state index in [-0.39, 0.29) is 6.04 Å². The van der Waals surface area contributed by atoms with E-state index in [4.69, 9.17) is 17.3 Å². The minimum atomic E-state index is 0.270.